The van der Waals surface area contributed by atoms with Gasteiger partial charge in [-0.05, 0) is 18.9 Å². The van der Waals surface area contributed by atoms with Crippen molar-refractivity contribution >= 4 is 11.6 Å². The van der Waals surface area contributed by atoms with Crippen molar-refractivity contribution in [3.8, 4) is 5.75 Å². The standard InChI is InChI=1S/C10H13ClN2O/c11-8-4-1-3-7-9(13-12)5-2-6-14-10(7)8/h1,3-4,9,13H,2,5-6,12H2. The van der Waals surface area contributed by atoms with Crippen LogP contribution < -0.4 is 16.0 Å². The summed E-state index contributed by atoms with van der Waals surface area (Å²) in [5.41, 5.74) is 3.84. The number of benzene rings is 1. The van der Waals surface area contributed by atoms with Crippen LogP contribution in [0.5, 0.6) is 5.75 Å². The first kappa shape index (κ1) is 9.77. The lowest BCUT2D eigenvalue weighted by atomic mass is 10.0. The first-order valence-electron chi connectivity index (χ1n) is 4.70. The van der Waals surface area contributed by atoms with Crippen LogP contribution >= 0.6 is 11.6 Å². The maximum atomic E-state index is 6.04. The molecule has 0 amide bonds. The minimum atomic E-state index is 0.145. The quantitative estimate of drug-likeness (QED) is 0.553. The average Bonchev–Trinajstić information content (AvgIpc) is 2.40. The fourth-order valence-electron chi connectivity index (χ4n) is 1.74. The predicted octanol–water partition coefficient (Wildman–Crippen LogP) is 2.02. The maximum Gasteiger partial charge on any atom is 0.142 e. The van der Waals surface area contributed by atoms with Crippen LogP contribution in [0.3, 0.4) is 0 Å². The van der Waals surface area contributed by atoms with Gasteiger partial charge >= 0.3 is 0 Å². The molecule has 1 aromatic rings. The van der Waals surface area contributed by atoms with Crippen molar-refractivity contribution in [1.82, 2.24) is 5.43 Å². The highest BCUT2D eigenvalue weighted by atomic mass is 35.5. The molecule has 1 aromatic carbocycles. The Labute approximate surface area is 88.2 Å². The molecule has 0 spiro atoms. The number of para-hydroxylation sites is 1. The van der Waals surface area contributed by atoms with Crippen molar-refractivity contribution in [3.05, 3.63) is 28.8 Å². The second-order valence-electron chi connectivity index (χ2n) is 3.37. The van der Waals surface area contributed by atoms with Gasteiger partial charge in [-0.1, -0.05) is 23.7 Å². The zero-order valence-corrected chi connectivity index (χ0v) is 8.55. The van der Waals surface area contributed by atoms with Gasteiger partial charge in [0.1, 0.15) is 5.75 Å². The molecule has 4 heteroatoms. The third-order valence-corrected chi connectivity index (χ3v) is 2.76. The van der Waals surface area contributed by atoms with E-state index in [0.29, 0.717) is 11.6 Å². The summed E-state index contributed by atoms with van der Waals surface area (Å²) >= 11 is 6.04. The molecule has 3 nitrogen and oxygen atoms in total. The van der Waals surface area contributed by atoms with Gasteiger partial charge in [0.15, 0.2) is 0 Å². The van der Waals surface area contributed by atoms with E-state index in [2.05, 4.69) is 5.43 Å². The summed E-state index contributed by atoms with van der Waals surface area (Å²) in [6.45, 7) is 0.703. The van der Waals surface area contributed by atoms with Crippen LogP contribution in [0.4, 0.5) is 0 Å². The lowest BCUT2D eigenvalue weighted by Crippen LogP contribution is -2.27. The third-order valence-electron chi connectivity index (χ3n) is 2.46. The maximum absolute atomic E-state index is 6.04. The van der Waals surface area contributed by atoms with Gasteiger partial charge in [-0.25, -0.2) is 0 Å². The lowest BCUT2D eigenvalue weighted by Gasteiger charge is -2.15. The molecule has 2 rings (SSSR count). The number of hydrazine groups is 1. The van der Waals surface area contributed by atoms with E-state index in [9.17, 15) is 0 Å². The zero-order valence-electron chi connectivity index (χ0n) is 7.79. The smallest absolute Gasteiger partial charge is 0.142 e. The van der Waals surface area contributed by atoms with E-state index in [4.69, 9.17) is 22.2 Å². The molecule has 0 aromatic heterocycles. The highest BCUT2D eigenvalue weighted by Gasteiger charge is 2.20. The number of ether oxygens (including phenoxy) is 1. The van der Waals surface area contributed by atoms with E-state index in [-0.39, 0.29) is 6.04 Å². The normalized spacial score (nSPS) is 20.9. The van der Waals surface area contributed by atoms with Gasteiger partial charge in [-0.15, -0.1) is 0 Å². The Kier molecular flexibility index (Phi) is 2.91. The van der Waals surface area contributed by atoms with Gasteiger partial charge in [-0.2, -0.15) is 0 Å². The highest BCUT2D eigenvalue weighted by molar-refractivity contribution is 6.32. The Morgan fingerprint density at radius 1 is 1.50 bits per heavy atom. The van der Waals surface area contributed by atoms with Gasteiger partial charge < -0.3 is 4.74 Å². The van der Waals surface area contributed by atoms with E-state index >= 15 is 0 Å². The molecule has 0 saturated carbocycles. The minimum absolute atomic E-state index is 0.145. The molecule has 14 heavy (non-hydrogen) atoms. The zero-order chi connectivity index (χ0) is 9.97. The molecule has 0 saturated heterocycles. The molecule has 1 unspecified atom stereocenters. The van der Waals surface area contributed by atoms with Gasteiger partial charge in [0, 0.05) is 11.6 Å². The first-order valence-corrected chi connectivity index (χ1v) is 5.08. The Balaban J connectivity index is 2.44. The van der Waals surface area contributed by atoms with Crippen LogP contribution in [0.15, 0.2) is 18.2 Å². The Morgan fingerprint density at radius 2 is 2.36 bits per heavy atom. The monoisotopic (exact) mass is 212 g/mol. The fraction of sp³-hybridized carbons (Fsp3) is 0.400. The molecule has 76 valence electrons. The summed E-state index contributed by atoms with van der Waals surface area (Å²) in [6.07, 6.45) is 1.96. The molecule has 1 atom stereocenters. The number of halogens is 1. The summed E-state index contributed by atoms with van der Waals surface area (Å²) in [4.78, 5) is 0. The van der Waals surface area contributed by atoms with E-state index < -0.39 is 0 Å². The molecule has 0 radical (unpaired) electrons. The SMILES string of the molecule is NNC1CCCOc2c(Cl)cccc21. The van der Waals surface area contributed by atoms with Gasteiger partial charge in [0.25, 0.3) is 0 Å². The van der Waals surface area contributed by atoms with Crippen LogP contribution in [0, 0.1) is 0 Å². The summed E-state index contributed by atoms with van der Waals surface area (Å²) < 4.78 is 5.58. The summed E-state index contributed by atoms with van der Waals surface area (Å²) in [5.74, 6) is 6.26. The largest absolute Gasteiger partial charge is 0.492 e. The summed E-state index contributed by atoms with van der Waals surface area (Å²) in [6, 6.07) is 5.89. The highest BCUT2D eigenvalue weighted by Crippen LogP contribution is 2.36. The first-order chi connectivity index (χ1) is 6.83. The second kappa shape index (κ2) is 4.17. The van der Waals surface area contributed by atoms with Crippen molar-refractivity contribution in [2.45, 2.75) is 18.9 Å². The number of fused-ring (bicyclic) bond motifs is 1. The van der Waals surface area contributed by atoms with Crippen LogP contribution in [-0.4, -0.2) is 6.61 Å². The average molecular weight is 213 g/mol. The van der Waals surface area contributed by atoms with Gasteiger partial charge in [-0.3, -0.25) is 11.3 Å². The lowest BCUT2D eigenvalue weighted by molar-refractivity contribution is 0.315. The van der Waals surface area contributed by atoms with Crippen molar-refractivity contribution in [3.63, 3.8) is 0 Å². The van der Waals surface area contributed by atoms with Crippen LogP contribution in [0.1, 0.15) is 24.4 Å². The number of nitrogens with one attached hydrogen (secondary N) is 1. The Bertz CT molecular complexity index is 330. The number of hydrogen-bond donors (Lipinski definition) is 2. The molecular weight excluding hydrogens is 200 g/mol. The topological polar surface area (TPSA) is 47.3 Å². The van der Waals surface area contributed by atoms with Crippen molar-refractivity contribution in [1.29, 1.82) is 0 Å². The second-order valence-corrected chi connectivity index (χ2v) is 3.78. The molecule has 3 N–H and O–H groups in total. The van der Waals surface area contributed by atoms with E-state index in [1.807, 2.05) is 18.2 Å². The molecule has 1 heterocycles. The predicted molar refractivity (Wildman–Crippen MR) is 56.2 cm³/mol. The number of rotatable bonds is 1. The molecular formula is C10H13ClN2O. The summed E-state index contributed by atoms with van der Waals surface area (Å²) in [5, 5.41) is 0.657. The number of nitrogens with two attached hydrogens (primary N) is 1. The van der Waals surface area contributed by atoms with E-state index in [0.717, 1.165) is 24.2 Å². The van der Waals surface area contributed by atoms with E-state index in [1.165, 1.54) is 0 Å². The minimum Gasteiger partial charge on any atom is -0.492 e. The van der Waals surface area contributed by atoms with Crippen molar-refractivity contribution in [2.24, 2.45) is 5.84 Å². The van der Waals surface area contributed by atoms with Crippen molar-refractivity contribution in [2.75, 3.05) is 6.61 Å². The summed E-state index contributed by atoms with van der Waals surface area (Å²) in [7, 11) is 0. The molecule has 0 fully saturated rings. The van der Waals surface area contributed by atoms with E-state index in [1.54, 1.807) is 0 Å². The van der Waals surface area contributed by atoms with Crippen LogP contribution in [0.25, 0.3) is 0 Å². The van der Waals surface area contributed by atoms with Crippen molar-refractivity contribution < 1.29 is 4.74 Å². The Morgan fingerprint density at radius 3 is 3.14 bits per heavy atom. The van der Waals surface area contributed by atoms with Crippen LogP contribution in [-0.2, 0) is 0 Å². The molecule has 0 aliphatic carbocycles. The molecule has 1 aliphatic heterocycles. The number of hydrogen-bond acceptors (Lipinski definition) is 3. The third kappa shape index (κ3) is 1.71. The van der Waals surface area contributed by atoms with Gasteiger partial charge in [0.2, 0.25) is 0 Å². The van der Waals surface area contributed by atoms with Gasteiger partial charge in [0.05, 0.1) is 11.6 Å². The Hall–Kier alpha value is -0.770. The molecule has 0 bridgehead atoms. The fourth-order valence-corrected chi connectivity index (χ4v) is 1.98. The molecule has 1 aliphatic rings. The van der Waals surface area contributed by atoms with Crippen LogP contribution in [0.2, 0.25) is 5.02 Å².